The molecule has 0 bridgehead atoms. The maximum atomic E-state index is 2.93. The average molecular weight is 399 g/mol. The van der Waals surface area contributed by atoms with Crippen LogP contribution in [0.3, 0.4) is 0 Å². The predicted octanol–water partition coefficient (Wildman–Crippen LogP) is -4.76. The fourth-order valence-corrected chi connectivity index (χ4v) is 273. The molecule has 0 spiro atoms. The Morgan fingerprint density at radius 3 is 2.76 bits per heavy atom. The van der Waals surface area contributed by atoms with Gasteiger partial charge >= 0.3 is 0 Å². The van der Waals surface area contributed by atoms with E-state index in [-0.39, 0.29) is 32.3 Å². The number of rotatable bonds is 5. The second kappa shape index (κ2) is 9.17. The highest BCUT2D eigenvalue weighted by atomic mass is 30.1. The van der Waals surface area contributed by atoms with E-state index in [4.69, 9.17) is 0 Å². The lowest BCUT2D eigenvalue weighted by atomic mass is 11.8. The van der Waals surface area contributed by atoms with Crippen LogP contribution >= 0.6 is 0 Å². The van der Waals surface area contributed by atoms with Gasteiger partial charge in [0.25, 0.3) is 0 Å². The lowest BCUT2D eigenvalue weighted by molar-refractivity contribution is 1.70. The van der Waals surface area contributed by atoms with E-state index >= 15 is 0 Å². The molecular formula is C7H34Si10. The van der Waals surface area contributed by atoms with Gasteiger partial charge in [0.15, 0.2) is 0 Å². The molecule has 0 nitrogen and oxygen atoms in total. The molecule has 1 aliphatic rings. The van der Waals surface area contributed by atoms with Crippen molar-refractivity contribution in [1.82, 2.24) is 0 Å². The molecule has 0 amide bonds. The normalized spacial score (nSPS) is 40.6. The molecule has 0 N–H and O–H groups in total. The van der Waals surface area contributed by atoms with Crippen LogP contribution in [-0.4, -0.2) is 87.2 Å². The third-order valence-corrected chi connectivity index (χ3v) is 151. The van der Waals surface area contributed by atoms with Crippen LogP contribution in [0, 0.1) is 0 Å². The minimum atomic E-state index is -0.135. The Morgan fingerprint density at radius 2 is 2.12 bits per heavy atom. The summed E-state index contributed by atoms with van der Waals surface area (Å²) in [4.78, 5) is 1.62. The van der Waals surface area contributed by atoms with Gasteiger partial charge < -0.3 is 0 Å². The van der Waals surface area contributed by atoms with Crippen molar-refractivity contribution in [2.24, 2.45) is 0 Å². The zero-order valence-electron chi connectivity index (χ0n) is 12.8. The fraction of sp³-hybridized carbons (Fsp3) is 1.00. The van der Waals surface area contributed by atoms with Crippen LogP contribution in [0.4, 0.5) is 0 Å². The van der Waals surface area contributed by atoms with Gasteiger partial charge in [0.2, 0.25) is 0 Å². The lowest BCUT2D eigenvalue weighted by Gasteiger charge is -2.27. The highest BCUT2D eigenvalue weighted by Crippen LogP contribution is 2.10. The van der Waals surface area contributed by atoms with Gasteiger partial charge in [-0.05, 0) is 27.4 Å². The zero-order chi connectivity index (χ0) is 12.8. The number of hydrogen-bond donors (Lipinski definition) is 0. The molecule has 0 aromatic carbocycles. The van der Waals surface area contributed by atoms with Crippen LogP contribution in [0.15, 0.2) is 0 Å². The van der Waals surface area contributed by atoms with E-state index in [9.17, 15) is 0 Å². The van der Waals surface area contributed by atoms with Crippen LogP contribution < -0.4 is 0 Å². The van der Waals surface area contributed by atoms with Gasteiger partial charge in [0.1, 0.15) is 0 Å². The lowest BCUT2D eigenvalue weighted by Crippen LogP contribution is -2.55. The van der Waals surface area contributed by atoms with E-state index < -0.39 is 0 Å². The summed E-state index contributed by atoms with van der Waals surface area (Å²) in [6, 6.07) is 0. The molecule has 5 unspecified atom stereocenters. The highest BCUT2D eigenvalue weighted by Gasteiger charge is 2.31. The monoisotopic (exact) mass is 398 g/mol. The third kappa shape index (κ3) is 6.43. The van der Waals surface area contributed by atoms with Crippen molar-refractivity contribution in [3.63, 3.8) is 0 Å². The van der Waals surface area contributed by atoms with Crippen molar-refractivity contribution in [3.8, 4) is 0 Å². The standard InChI is InChI=1S/C7H34Si10/c1-9-5-14(2)6-15(3)17-13-12-10-7(8)11-16(17)4/h7,14-17H,5-6,9-13H2,1-4,8H3. The Labute approximate surface area is 129 Å². The quantitative estimate of drug-likeness (QED) is 0.408. The summed E-state index contributed by atoms with van der Waals surface area (Å²) in [6.07, 6.45) is 0. The summed E-state index contributed by atoms with van der Waals surface area (Å²) in [5.41, 5.74) is 3.79. The van der Waals surface area contributed by atoms with E-state index in [1.54, 1.807) is 15.0 Å². The maximum Gasteiger partial charge on any atom is 0.0274 e. The molecule has 102 valence electrons. The van der Waals surface area contributed by atoms with Gasteiger partial charge in [-0.3, -0.25) is 0 Å². The van der Waals surface area contributed by atoms with Gasteiger partial charge in [-0.2, -0.15) is 0 Å². The summed E-state index contributed by atoms with van der Waals surface area (Å²) >= 11 is 0. The van der Waals surface area contributed by atoms with Crippen LogP contribution in [0.25, 0.3) is 0 Å². The molecule has 0 radical (unpaired) electrons. The number of hydrogen-bond acceptors (Lipinski definition) is 0. The first-order valence-corrected chi connectivity index (χ1v) is 39.0. The van der Waals surface area contributed by atoms with Gasteiger partial charge in [0, 0.05) is 59.9 Å². The molecule has 1 rings (SSSR count). The van der Waals surface area contributed by atoms with Crippen molar-refractivity contribution >= 4 is 87.2 Å². The molecule has 0 aromatic heterocycles. The topological polar surface area (TPSA) is 0 Å². The molecule has 10 heteroatoms. The first-order chi connectivity index (χ1) is 8.04. The predicted molar refractivity (Wildman–Crippen MR) is 118 cm³/mol. The Hall–Kier alpha value is 2.17. The molecule has 1 aliphatic heterocycles. The zero-order valence-corrected chi connectivity index (χ0v) is 26.5. The van der Waals surface area contributed by atoms with Gasteiger partial charge in [-0.15, -0.1) is 0 Å². The second-order valence-corrected chi connectivity index (χ2v) is 78.8. The molecule has 1 fully saturated rings. The summed E-state index contributed by atoms with van der Waals surface area (Å²) in [5.74, 6) is 0. The van der Waals surface area contributed by atoms with Crippen molar-refractivity contribution in [3.05, 3.63) is 0 Å². The van der Waals surface area contributed by atoms with Gasteiger partial charge in [-0.25, -0.2) is 0 Å². The summed E-state index contributed by atoms with van der Waals surface area (Å²) < 4.78 is 0. The molecule has 1 saturated heterocycles. The third-order valence-electron chi connectivity index (χ3n) is 5.03. The van der Waals surface area contributed by atoms with Crippen molar-refractivity contribution < 1.29 is 0 Å². The molecular weight excluding hydrogens is 365 g/mol. The van der Waals surface area contributed by atoms with Crippen LogP contribution in [0.1, 0.15) is 0 Å². The van der Waals surface area contributed by atoms with E-state index in [0.717, 1.165) is 17.1 Å². The van der Waals surface area contributed by atoms with Crippen LogP contribution in [0.5, 0.6) is 0 Å². The SMILES string of the molecule is C[SiH2]C[SiH](C)C[SiH](C)[SiH]1[SiH2][SiH2][SiH2]C([SiH3])[SiH2][SiH]1C. The molecule has 0 aliphatic carbocycles. The van der Waals surface area contributed by atoms with Gasteiger partial charge in [-0.1, -0.05) is 42.3 Å². The molecule has 0 saturated carbocycles. The van der Waals surface area contributed by atoms with Crippen molar-refractivity contribution in [2.75, 3.05) is 0 Å². The summed E-state index contributed by atoms with van der Waals surface area (Å²) in [6.45, 7) is 11.1. The molecule has 17 heavy (non-hydrogen) atoms. The van der Waals surface area contributed by atoms with E-state index in [1.807, 2.05) is 11.3 Å². The Morgan fingerprint density at radius 1 is 1.41 bits per heavy atom. The maximum absolute atomic E-state index is 2.93. The molecule has 0 aromatic rings. The van der Waals surface area contributed by atoms with Crippen molar-refractivity contribution in [1.29, 1.82) is 0 Å². The Kier molecular flexibility index (Phi) is 9.29. The van der Waals surface area contributed by atoms with E-state index in [0.29, 0.717) is 27.6 Å². The average Bonchev–Trinajstić information content (AvgIpc) is 2.39. The van der Waals surface area contributed by atoms with Crippen LogP contribution in [0.2, 0.25) is 42.3 Å². The Bertz CT molecular complexity index is 213. The minimum Gasteiger partial charge on any atom is -0.0770 e. The van der Waals surface area contributed by atoms with Crippen LogP contribution in [-0.2, 0) is 0 Å². The first-order valence-electron chi connectivity index (χ1n) is 8.04. The Balaban J connectivity index is 2.46. The smallest absolute Gasteiger partial charge is 0.0274 e. The summed E-state index contributed by atoms with van der Waals surface area (Å²) in [5, 5.41) is 0. The molecule has 1 heterocycles. The highest BCUT2D eigenvalue weighted by molar-refractivity contribution is 7.84. The fourth-order valence-electron chi connectivity index (χ4n) is 4.18. The second-order valence-electron chi connectivity index (χ2n) is 7.02. The minimum absolute atomic E-state index is 0.0336. The van der Waals surface area contributed by atoms with E-state index in [1.165, 1.54) is 0 Å². The van der Waals surface area contributed by atoms with Gasteiger partial charge in [0.05, 0.1) is 0 Å². The van der Waals surface area contributed by atoms with Crippen molar-refractivity contribution in [2.45, 2.75) is 42.3 Å². The van der Waals surface area contributed by atoms with E-state index in [2.05, 4.69) is 26.2 Å². The summed E-state index contributed by atoms with van der Waals surface area (Å²) in [7, 11) is 5.06. The largest absolute Gasteiger partial charge is 0.0770 e. The molecule has 5 atom stereocenters. The first kappa shape index (κ1) is 17.2.